The second kappa shape index (κ2) is 10.5. The van der Waals surface area contributed by atoms with Gasteiger partial charge in [-0.1, -0.05) is 6.07 Å². The maximum absolute atomic E-state index is 13.5. The van der Waals surface area contributed by atoms with Gasteiger partial charge in [0.25, 0.3) is 11.8 Å². The molecular formula is C30H33ClN6O2. The molecule has 1 aromatic carbocycles. The molecule has 39 heavy (non-hydrogen) atoms. The fourth-order valence-electron chi connectivity index (χ4n) is 6.32. The fourth-order valence-corrected chi connectivity index (χ4v) is 6.32. The number of nitrogens with zero attached hydrogens (tertiary/aromatic N) is 3. The van der Waals surface area contributed by atoms with Gasteiger partial charge in [0.05, 0.1) is 11.3 Å². The van der Waals surface area contributed by atoms with Gasteiger partial charge in [-0.2, -0.15) is 0 Å². The molecule has 3 aromatic heterocycles. The quantitative estimate of drug-likeness (QED) is 0.341. The predicted molar refractivity (Wildman–Crippen MR) is 154 cm³/mol. The van der Waals surface area contributed by atoms with Crippen LogP contribution in [0.25, 0.3) is 33.4 Å². The minimum atomic E-state index is -0.0254. The Kier molecular flexibility index (Phi) is 6.91. The van der Waals surface area contributed by atoms with Gasteiger partial charge in [-0.25, -0.2) is 0 Å². The number of nitrogens with one attached hydrogen (secondary N) is 3. The summed E-state index contributed by atoms with van der Waals surface area (Å²) >= 11 is 0. The van der Waals surface area contributed by atoms with Crippen LogP contribution in [0.4, 0.5) is 0 Å². The van der Waals surface area contributed by atoms with E-state index in [-0.39, 0.29) is 24.2 Å². The number of benzene rings is 1. The molecule has 9 heteroatoms. The number of carbonyl (C=O) groups excluding carboxylic acids is 2. The zero-order chi connectivity index (χ0) is 25.6. The average Bonchev–Trinajstić information content (AvgIpc) is 3.75. The van der Waals surface area contributed by atoms with Crippen molar-refractivity contribution in [3.8, 4) is 22.5 Å². The van der Waals surface area contributed by atoms with Crippen molar-refractivity contribution in [2.75, 3.05) is 32.7 Å². The van der Waals surface area contributed by atoms with Gasteiger partial charge in [0.15, 0.2) is 0 Å². The zero-order valence-electron chi connectivity index (χ0n) is 21.8. The van der Waals surface area contributed by atoms with Crippen LogP contribution >= 0.6 is 12.4 Å². The van der Waals surface area contributed by atoms with E-state index in [0.717, 1.165) is 90.1 Å². The van der Waals surface area contributed by atoms with E-state index in [4.69, 9.17) is 0 Å². The molecule has 4 aromatic rings. The summed E-state index contributed by atoms with van der Waals surface area (Å²) in [6.07, 6.45) is 7.31. The van der Waals surface area contributed by atoms with E-state index in [1.54, 1.807) is 6.20 Å². The van der Waals surface area contributed by atoms with E-state index in [1.165, 1.54) is 12.8 Å². The molecule has 7 rings (SSSR count). The van der Waals surface area contributed by atoms with Gasteiger partial charge in [-0.3, -0.25) is 14.6 Å². The third-order valence-corrected chi connectivity index (χ3v) is 8.33. The Labute approximate surface area is 233 Å². The standard InChI is InChI=1S/C30H32N6O2.ClH/c37-29-23-17-27(34-25(23)8-10-32-29)20-7-9-31-26(15-20)19-5-6-24-21(14-19)16-28(33-24)30(38)36-13-3-4-22(36)18-35-11-1-2-12-35;/h5-7,9,14-17,22,33-34H,1-4,8,10-13,18H2,(H,32,37);1H/t22-;/m1./s1. The van der Waals surface area contributed by atoms with Crippen LogP contribution in [0, 0.1) is 0 Å². The number of hydrogen-bond donors (Lipinski definition) is 3. The summed E-state index contributed by atoms with van der Waals surface area (Å²) in [6, 6.07) is 14.4. The molecule has 0 unspecified atom stereocenters. The molecule has 0 radical (unpaired) electrons. The third-order valence-electron chi connectivity index (χ3n) is 8.33. The van der Waals surface area contributed by atoms with Gasteiger partial charge < -0.3 is 25.1 Å². The lowest BCUT2D eigenvalue weighted by Gasteiger charge is -2.28. The van der Waals surface area contributed by atoms with E-state index in [9.17, 15) is 9.59 Å². The molecule has 3 N–H and O–H groups in total. The van der Waals surface area contributed by atoms with Crippen molar-refractivity contribution in [2.24, 2.45) is 0 Å². The number of carbonyl (C=O) groups is 2. The van der Waals surface area contributed by atoms with Crippen molar-refractivity contribution in [2.45, 2.75) is 38.1 Å². The third kappa shape index (κ3) is 4.83. The summed E-state index contributed by atoms with van der Waals surface area (Å²) in [4.78, 5) is 41.7. The Morgan fingerprint density at radius 1 is 0.974 bits per heavy atom. The largest absolute Gasteiger partial charge is 0.358 e. The molecule has 202 valence electrons. The van der Waals surface area contributed by atoms with Crippen LogP contribution in [0.5, 0.6) is 0 Å². The molecular weight excluding hydrogens is 512 g/mol. The van der Waals surface area contributed by atoms with Gasteiger partial charge in [0.2, 0.25) is 0 Å². The maximum atomic E-state index is 13.5. The number of rotatable bonds is 5. The lowest BCUT2D eigenvalue weighted by molar-refractivity contribution is 0.0703. The molecule has 8 nitrogen and oxygen atoms in total. The van der Waals surface area contributed by atoms with Crippen LogP contribution in [0.1, 0.15) is 52.2 Å². The molecule has 3 aliphatic heterocycles. The Morgan fingerprint density at radius 2 is 1.85 bits per heavy atom. The lowest BCUT2D eigenvalue weighted by atomic mass is 10.1. The minimum absolute atomic E-state index is 0. The topological polar surface area (TPSA) is 97.1 Å². The fraction of sp³-hybridized carbons (Fsp3) is 0.367. The molecule has 2 fully saturated rings. The summed E-state index contributed by atoms with van der Waals surface area (Å²) in [5.41, 5.74) is 7.04. The molecule has 6 heterocycles. The molecule has 2 amide bonds. The summed E-state index contributed by atoms with van der Waals surface area (Å²) in [7, 11) is 0. The van der Waals surface area contributed by atoms with Gasteiger partial charge in [-0.05, 0) is 75.2 Å². The Balaban J connectivity index is 0.00000277. The zero-order valence-corrected chi connectivity index (χ0v) is 22.7. The second-order valence-corrected chi connectivity index (χ2v) is 10.8. The van der Waals surface area contributed by atoms with Crippen molar-refractivity contribution in [1.29, 1.82) is 0 Å². The molecule has 0 spiro atoms. The monoisotopic (exact) mass is 544 g/mol. The molecule has 2 saturated heterocycles. The molecule has 0 saturated carbocycles. The van der Waals surface area contributed by atoms with Crippen molar-refractivity contribution in [3.05, 3.63) is 65.6 Å². The van der Waals surface area contributed by atoms with Crippen molar-refractivity contribution >= 4 is 35.1 Å². The Bertz CT molecular complexity index is 1540. The highest BCUT2D eigenvalue weighted by molar-refractivity contribution is 5.99. The highest BCUT2D eigenvalue weighted by Crippen LogP contribution is 2.30. The van der Waals surface area contributed by atoms with Crippen molar-refractivity contribution in [1.82, 2.24) is 30.1 Å². The summed E-state index contributed by atoms with van der Waals surface area (Å²) in [6.45, 7) is 4.80. The Morgan fingerprint density at radius 3 is 2.69 bits per heavy atom. The van der Waals surface area contributed by atoms with Gasteiger partial charge >= 0.3 is 0 Å². The predicted octanol–water partition coefficient (Wildman–Crippen LogP) is 4.63. The minimum Gasteiger partial charge on any atom is -0.358 e. The van der Waals surface area contributed by atoms with Crippen LogP contribution < -0.4 is 5.32 Å². The van der Waals surface area contributed by atoms with Crippen LogP contribution in [-0.2, 0) is 6.42 Å². The first-order valence-corrected chi connectivity index (χ1v) is 13.8. The van der Waals surface area contributed by atoms with Crippen LogP contribution in [-0.4, -0.2) is 75.3 Å². The number of hydrogen-bond acceptors (Lipinski definition) is 4. The van der Waals surface area contributed by atoms with Crippen molar-refractivity contribution < 1.29 is 9.59 Å². The number of aromatic amines is 2. The first-order valence-electron chi connectivity index (χ1n) is 13.8. The second-order valence-electron chi connectivity index (χ2n) is 10.8. The normalized spacial score (nSPS) is 19.2. The number of amides is 2. The first-order chi connectivity index (χ1) is 18.6. The number of aromatic nitrogens is 3. The first kappa shape index (κ1) is 25.6. The number of fused-ring (bicyclic) bond motifs is 2. The summed E-state index contributed by atoms with van der Waals surface area (Å²) < 4.78 is 0. The summed E-state index contributed by atoms with van der Waals surface area (Å²) in [5, 5.41) is 3.90. The van der Waals surface area contributed by atoms with Gasteiger partial charge in [0, 0.05) is 71.7 Å². The number of pyridine rings is 1. The van der Waals surface area contributed by atoms with Crippen molar-refractivity contribution in [3.63, 3.8) is 0 Å². The van der Waals surface area contributed by atoms with E-state index >= 15 is 0 Å². The number of H-pyrrole nitrogens is 2. The van der Waals surface area contributed by atoms with Gasteiger partial charge in [-0.15, -0.1) is 12.4 Å². The van der Waals surface area contributed by atoms with Crippen LogP contribution in [0.2, 0.25) is 0 Å². The molecule has 1 atom stereocenters. The highest BCUT2D eigenvalue weighted by Gasteiger charge is 2.32. The van der Waals surface area contributed by atoms with Crippen LogP contribution in [0.3, 0.4) is 0 Å². The molecule has 0 bridgehead atoms. The SMILES string of the molecule is Cl.O=C1NCCc2[nH]c(-c3ccnc(-c4ccc5[nH]c(C(=O)N6CCC[C@@H]6CN6CCCC6)cc5c4)c3)cc21. The van der Waals surface area contributed by atoms with Gasteiger partial charge in [0.1, 0.15) is 5.69 Å². The smallest absolute Gasteiger partial charge is 0.270 e. The van der Waals surface area contributed by atoms with E-state index < -0.39 is 0 Å². The van der Waals surface area contributed by atoms with Crippen LogP contribution in [0.15, 0.2) is 48.7 Å². The number of halogens is 1. The van der Waals surface area contributed by atoms with E-state index in [2.05, 4.69) is 36.1 Å². The van der Waals surface area contributed by atoms with E-state index in [1.807, 2.05) is 36.4 Å². The summed E-state index contributed by atoms with van der Waals surface area (Å²) in [5.74, 6) is 0.0758. The highest BCUT2D eigenvalue weighted by atomic mass is 35.5. The Hall–Kier alpha value is -3.62. The van der Waals surface area contributed by atoms with E-state index in [0.29, 0.717) is 18.3 Å². The molecule has 0 aliphatic carbocycles. The maximum Gasteiger partial charge on any atom is 0.270 e. The average molecular weight is 545 g/mol. The number of likely N-dealkylation sites (tertiary alicyclic amines) is 2. The lowest BCUT2D eigenvalue weighted by Crippen LogP contribution is -2.42. The molecule has 3 aliphatic rings.